The fourth-order valence-corrected chi connectivity index (χ4v) is 6.53. The Morgan fingerprint density at radius 2 is 1.18 bits per heavy atom. The Labute approximate surface area is 266 Å². The summed E-state index contributed by atoms with van der Waals surface area (Å²) in [5.41, 5.74) is 3.81. The first-order chi connectivity index (χ1) is 21.2. The molecule has 0 aromatic heterocycles. The van der Waals surface area contributed by atoms with Gasteiger partial charge in [-0.2, -0.15) is 0 Å². The maximum Gasteiger partial charge on any atom is 0.407 e. The van der Waals surface area contributed by atoms with Gasteiger partial charge in [0.1, 0.15) is 5.60 Å². The second-order valence-corrected chi connectivity index (χ2v) is 13.0. The lowest BCUT2D eigenvalue weighted by Gasteiger charge is -2.37. The molecule has 0 heterocycles. The first-order valence-electron chi connectivity index (χ1n) is 15.0. The van der Waals surface area contributed by atoms with Gasteiger partial charge in [-0.3, -0.25) is 4.79 Å². The van der Waals surface area contributed by atoms with E-state index in [9.17, 15) is 9.59 Å². The molecule has 0 aliphatic carbocycles. The molecule has 0 saturated carbocycles. The quantitative estimate of drug-likeness (QED) is 0.144. The van der Waals surface area contributed by atoms with Crippen molar-refractivity contribution in [3.8, 4) is 0 Å². The summed E-state index contributed by atoms with van der Waals surface area (Å²) in [5, 5.41) is 9.42. The lowest BCUT2D eigenvalue weighted by Crippen LogP contribution is -2.50. The van der Waals surface area contributed by atoms with Gasteiger partial charge in [0.25, 0.3) is 0 Å². The van der Waals surface area contributed by atoms with Gasteiger partial charge in [0, 0.05) is 18.8 Å². The number of carbonyl (C=O) groups is 2. The minimum atomic E-state index is -0.637. The van der Waals surface area contributed by atoms with Crippen molar-refractivity contribution >= 4 is 23.8 Å². The molecule has 44 heavy (non-hydrogen) atoms. The van der Waals surface area contributed by atoms with E-state index in [-0.39, 0.29) is 11.9 Å². The summed E-state index contributed by atoms with van der Waals surface area (Å²) in [6, 6.07) is 40.4. The summed E-state index contributed by atoms with van der Waals surface area (Å²) < 4.78 is 5.08. The first-order valence-corrected chi connectivity index (χ1v) is 16.0. The van der Waals surface area contributed by atoms with Gasteiger partial charge >= 0.3 is 6.09 Å². The molecule has 0 aliphatic rings. The normalized spacial score (nSPS) is 13.0. The first kappa shape index (κ1) is 32.8. The van der Waals surface area contributed by atoms with Crippen LogP contribution >= 0.6 is 11.8 Å². The Morgan fingerprint density at radius 1 is 0.727 bits per heavy atom. The summed E-state index contributed by atoms with van der Waals surface area (Å²) in [7, 11) is 0. The van der Waals surface area contributed by atoms with E-state index >= 15 is 0 Å². The Kier molecular flexibility index (Phi) is 11.6. The Bertz CT molecular complexity index is 1350. The summed E-state index contributed by atoms with van der Waals surface area (Å²) in [4.78, 5) is 25.9. The van der Waals surface area contributed by atoms with Crippen molar-refractivity contribution in [3.63, 3.8) is 0 Å². The third-order valence-electron chi connectivity index (χ3n) is 7.14. The lowest BCUT2D eigenvalue weighted by atomic mass is 9.84. The van der Waals surface area contributed by atoms with Crippen molar-refractivity contribution < 1.29 is 14.3 Å². The van der Waals surface area contributed by atoms with Crippen LogP contribution in [0.2, 0.25) is 0 Å². The summed E-state index contributed by atoms with van der Waals surface area (Å²) in [6.45, 7) is 8.20. The molecule has 2 amide bonds. The summed E-state index contributed by atoms with van der Waals surface area (Å²) in [5.74, 6) is 0.438. The molecule has 0 fully saturated rings. The maximum atomic E-state index is 13.0. The van der Waals surface area contributed by atoms with Gasteiger partial charge in [0.15, 0.2) is 0 Å². The number of nitrogens with one attached hydrogen (secondary N) is 3. The standard InChI is InChI=1S/C37H43N3O3S/c1-28(34(41)39-25-29-17-9-5-10-18-29)38-26-33(40-35(42)43-36(2,3)4)27-44-37(30-19-11-6-12-20-30,31-21-13-7-14-22-31)32-23-15-8-16-24-32/h5-24,28,33,38H,25-27H2,1-4H3,(H,39,41)(H,40,42)/t28-,33+/m0/s1. The molecule has 0 saturated heterocycles. The van der Waals surface area contributed by atoms with Gasteiger partial charge < -0.3 is 20.7 Å². The monoisotopic (exact) mass is 609 g/mol. The van der Waals surface area contributed by atoms with E-state index < -0.39 is 22.5 Å². The molecule has 0 bridgehead atoms. The average Bonchev–Trinajstić information content (AvgIpc) is 3.03. The minimum Gasteiger partial charge on any atom is -0.444 e. The molecule has 3 N–H and O–H groups in total. The zero-order valence-electron chi connectivity index (χ0n) is 26.0. The van der Waals surface area contributed by atoms with E-state index in [1.54, 1.807) is 11.8 Å². The molecule has 0 unspecified atom stereocenters. The van der Waals surface area contributed by atoms with Crippen LogP contribution in [0.4, 0.5) is 4.79 Å². The Hall–Kier alpha value is -4.07. The molecular weight excluding hydrogens is 566 g/mol. The second-order valence-electron chi connectivity index (χ2n) is 11.8. The van der Waals surface area contributed by atoms with Crippen LogP contribution in [0.1, 0.15) is 49.9 Å². The van der Waals surface area contributed by atoms with Gasteiger partial charge in [-0.05, 0) is 49.9 Å². The van der Waals surface area contributed by atoms with Crippen molar-refractivity contribution in [2.45, 2.75) is 56.7 Å². The molecule has 230 valence electrons. The SMILES string of the molecule is C[C@H](NC[C@H](CSC(c1ccccc1)(c1ccccc1)c1ccccc1)NC(=O)OC(C)(C)C)C(=O)NCc1ccccc1. The molecule has 4 aromatic carbocycles. The molecular formula is C37H43N3O3S. The zero-order valence-corrected chi connectivity index (χ0v) is 26.8. The highest BCUT2D eigenvalue weighted by Gasteiger charge is 2.38. The largest absolute Gasteiger partial charge is 0.444 e. The van der Waals surface area contributed by atoms with Crippen LogP contribution in [-0.2, 0) is 20.8 Å². The van der Waals surface area contributed by atoms with E-state index in [1.165, 1.54) is 0 Å². The van der Waals surface area contributed by atoms with Crippen LogP contribution in [0.3, 0.4) is 0 Å². The van der Waals surface area contributed by atoms with Gasteiger partial charge in [0.05, 0.1) is 16.8 Å². The number of ether oxygens (including phenoxy) is 1. The fourth-order valence-electron chi connectivity index (χ4n) is 4.97. The fraction of sp³-hybridized carbons (Fsp3) is 0.297. The van der Waals surface area contributed by atoms with Crippen molar-refractivity contribution in [2.75, 3.05) is 12.3 Å². The summed E-state index contributed by atoms with van der Waals surface area (Å²) in [6.07, 6.45) is -0.490. The van der Waals surface area contributed by atoms with E-state index in [0.717, 1.165) is 22.3 Å². The van der Waals surface area contributed by atoms with Crippen molar-refractivity contribution in [2.24, 2.45) is 0 Å². The van der Waals surface area contributed by atoms with Crippen molar-refractivity contribution in [1.82, 2.24) is 16.0 Å². The minimum absolute atomic E-state index is 0.107. The third-order valence-corrected chi connectivity index (χ3v) is 8.85. The number of carbonyl (C=O) groups excluding carboxylic acids is 2. The second kappa shape index (κ2) is 15.6. The van der Waals surface area contributed by atoms with Crippen molar-refractivity contribution in [1.29, 1.82) is 0 Å². The number of rotatable bonds is 13. The van der Waals surface area contributed by atoms with Crippen LogP contribution in [0.15, 0.2) is 121 Å². The Morgan fingerprint density at radius 3 is 1.64 bits per heavy atom. The van der Waals surface area contributed by atoms with Crippen LogP contribution < -0.4 is 16.0 Å². The molecule has 0 aliphatic heterocycles. The molecule has 7 heteroatoms. The van der Waals surface area contributed by atoms with Gasteiger partial charge in [0.2, 0.25) is 5.91 Å². The average molecular weight is 610 g/mol. The molecule has 6 nitrogen and oxygen atoms in total. The number of alkyl carbamates (subject to hydrolysis) is 1. The van der Waals surface area contributed by atoms with Gasteiger partial charge in [-0.25, -0.2) is 4.79 Å². The van der Waals surface area contributed by atoms with Crippen molar-refractivity contribution in [3.05, 3.63) is 144 Å². The van der Waals surface area contributed by atoms with Crippen LogP contribution in [0, 0.1) is 0 Å². The number of benzene rings is 4. The molecule has 0 radical (unpaired) electrons. The molecule has 4 aromatic rings. The highest BCUT2D eigenvalue weighted by atomic mass is 32.2. The van der Waals surface area contributed by atoms with E-state index in [1.807, 2.05) is 76.2 Å². The topological polar surface area (TPSA) is 79.5 Å². The number of hydrogen-bond donors (Lipinski definition) is 3. The highest BCUT2D eigenvalue weighted by molar-refractivity contribution is 8.00. The van der Waals surface area contributed by atoms with Crippen LogP contribution in [-0.4, -0.2) is 42.0 Å². The summed E-state index contributed by atoms with van der Waals surface area (Å²) >= 11 is 1.75. The predicted octanol–water partition coefficient (Wildman–Crippen LogP) is 6.90. The maximum absolute atomic E-state index is 13.0. The zero-order chi connectivity index (χ0) is 31.4. The van der Waals surface area contributed by atoms with Gasteiger partial charge in [-0.15, -0.1) is 11.8 Å². The number of thioether (sulfide) groups is 1. The molecule has 4 rings (SSSR count). The number of amides is 2. The van der Waals surface area contributed by atoms with Gasteiger partial charge in [-0.1, -0.05) is 121 Å². The lowest BCUT2D eigenvalue weighted by molar-refractivity contribution is -0.122. The molecule has 0 spiro atoms. The molecule has 2 atom stereocenters. The van der Waals surface area contributed by atoms with E-state index in [0.29, 0.717) is 18.8 Å². The highest BCUT2D eigenvalue weighted by Crippen LogP contribution is 2.48. The predicted molar refractivity (Wildman–Crippen MR) is 181 cm³/mol. The van der Waals surface area contributed by atoms with Crippen LogP contribution in [0.5, 0.6) is 0 Å². The number of hydrogen-bond acceptors (Lipinski definition) is 5. The van der Waals surface area contributed by atoms with Crippen LogP contribution in [0.25, 0.3) is 0 Å². The Balaban J connectivity index is 1.58. The van der Waals surface area contributed by atoms with E-state index in [4.69, 9.17) is 4.74 Å². The smallest absolute Gasteiger partial charge is 0.407 e. The van der Waals surface area contributed by atoms with E-state index in [2.05, 4.69) is 88.7 Å². The third kappa shape index (κ3) is 9.21.